The Bertz CT molecular complexity index is 934. The highest BCUT2D eigenvalue weighted by atomic mass is 19.4. The molecule has 15 heteroatoms. The normalized spacial score (nSPS) is 12.8. The molecule has 0 atom stereocenters. The van der Waals surface area contributed by atoms with Crippen molar-refractivity contribution in [2.24, 2.45) is 7.05 Å². The molecule has 29 heavy (non-hydrogen) atoms. The first kappa shape index (κ1) is 22.3. The molecule has 0 aliphatic heterocycles. The van der Waals surface area contributed by atoms with Crippen molar-refractivity contribution in [2.75, 3.05) is 10.8 Å². The van der Waals surface area contributed by atoms with Crippen LogP contribution in [0.15, 0.2) is 18.2 Å². The smallest absolute Gasteiger partial charge is 0.459 e. The van der Waals surface area contributed by atoms with Gasteiger partial charge in [-0.2, -0.15) is 40.2 Å². The molecule has 0 spiro atoms. The summed E-state index contributed by atoms with van der Waals surface area (Å²) in [6.07, 6.45) is -12.2. The van der Waals surface area contributed by atoms with Crippen LogP contribution in [0.2, 0.25) is 0 Å². The molecular formula is C14H8F9N4O2-. The molecule has 0 radical (unpaired) electrons. The van der Waals surface area contributed by atoms with E-state index in [1.165, 1.54) is 5.32 Å². The number of carbonyl (C=O) groups is 1. The molecule has 2 rings (SSSR count). The monoisotopic (exact) mass is 435 g/mol. The number of alkyl halides is 8. The van der Waals surface area contributed by atoms with E-state index in [-0.39, 0.29) is 4.68 Å². The second-order valence-electron chi connectivity index (χ2n) is 5.49. The van der Waals surface area contributed by atoms with Crippen LogP contribution < -0.4 is 10.8 Å². The lowest BCUT2D eigenvalue weighted by atomic mass is 10.1. The Morgan fingerprint density at radius 2 is 1.69 bits per heavy atom. The molecule has 0 aliphatic carbocycles. The fraction of sp³-hybridized carbons (Fsp3) is 0.286. The largest absolute Gasteiger partial charge is 0.761 e. The molecular weight excluding hydrogens is 427 g/mol. The summed E-state index contributed by atoms with van der Waals surface area (Å²) in [4.78, 5) is 12.1. The Morgan fingerprint density at radius 1 is 1.10 bits per heavy atom. The molecule has 0 bridgehead atoms. The van der Waals surface area contributed by atoms with Crippen molar-refractivity contribution in [3.8, 4) is 0 Å². The van der Waals surface area contributed by atoms with Crippen LogP contribution in [0.5, 0.6) is 0 Å². The van der Waals surface area contributed by atoms with Gasteiger partial charge in [-0.15, -0.1) is 0 Å². The lowest BCUT2D eigenvalue weighted by molar-refractivity contribution is -0.292. The third kappa shape index (κ3) is 3.94. The summed E-state index contributed by atoms with van der Waals surface area (Å²) in [5, 5.41) is 14.5. The van der Waals surface area contributed by atoms with Crippen LogP contribution >= 0.6 is 0 Å². The topological polar surface area (TPSA) is 82.0 Å². The van der Waals surface area contributed by atoms with Crippen LogP contribution in [0.25, 0.3) is 0 Å². The number of hydrogen-bond donors (Lipinski definition) is 2. The maximum Gasteiger partial charge on any atom is 0.459 e. The SMILES string of the molecule is Cn1nc(C(F)(F)C(F)(F)F)c(C(F)(F)F)c1NC(=O)c1cccc(N[O-])c1F. The molecule has 6 nitrogen and oxygen atoms in total. The van der Waals surface area contributed by atoms with Gasteiger partial charge in [0.05, 0.1) is 11.3 Å². The van der Waals surface area contributed by atoms with E-state index in [1.807, 2.05) is 0 Å². The average Bonchev–Trinajstić information content (AvgIpc) is 2.91. The summed E-state index contributed by atoms with van der Waals surface area (Å²) in [5.41, 5.74) is -5.88. The Hall–Kier alpha value is -2.97. The van der Waals surface area contributed by atoms with Gasteiger partial charge in [0, 0.05) is 7.05 Å². The fourth-order valence-electron chi connectivity index (χ4n) is 2.25. The summed E-state index contributed by atoms with van der Waals surface area (Å²) in [5.74, 6) is -10.7. The van der Waals surface area contributed by atoms with E-state index in [0.717, 1.165) is 23.7 Å². The van der Waals surface area contributed by atoms with E-state index in [1.54, 1.807) is 0 Å². The predicted molar refractivity (Wildman–Crippen MR) is 79.5 cm³/mol. The van der Waals surface area contributed by atoms with Crippen LogP contribution in [0.1, 0.15) is 21.6 Å². The Morgan fingerprint density at radius 3 is 2.17 bits per heavy atom. The number of hydrogen-bond acceptors (Lipinski definition) is 4. The van der Waals surface area contributed by atoms with Gasteiger partial charge in [0.2, 0.25) is 0 Å². The van der Waals surface area contributed by atoms with Crippen molar-refractivity contribution in [3.63, 3.8) is 0 Å². The summed E-state index contributed by atoms with van der Waals surface area (Å²) < 4.78 is 118. The maximum atomic E-state index is 14.0. The second-order valence-corrected chi connectivity index (χ2v) is 5.49. The molecule has 0 fully saturated rings. The van der Waals surface area contributed by atoms with E-state index < -0.39 is 58.3 Å². The van der Waals surface area contributed by atoms with Crippen molar-refractivity contribution in [3.05, 3.63) is 46.0 Å². The Labute approximate surface area is 154 Å². The first-order chi connectivity index (χ1) is 13.1. The van der Waals surface area contributed by atoms with Crippen molar-refractivity contribution in [1.82, 2.24) is 9.78 Å². The van der Waals surface area contributed by atoms with Gasteiger partial charge in [0.15, 0.2) is 11.5 Å². The first-order valence-corrected chi connectivity index (χ1v) is 7.20. The highest BCUT2D eigenvalue weighted by Gasteiger charge is 2.64. The van der Waals surface area contributed by atoms with Gasteiger partial charge in [-0.3, -0.25) is 9.48 Å². The molecule has 1 heterocycles. The Balaban J connectivity index is 2.62. The highest BCUT2D eigenvalue weighted by molar-refractivity contribution is 6.05. The maximum absolute atomic E-state index is 14.0. The van der Waals surface area contributed by atoms with Gasteiger partial charge < -0.3 is 16.0 Å². The molecule has 0 saturated heterocycles. The van der Waals surface area contributed by atoms with Gasteiger partial charge in [0.1, 0.15) is 11.4 Å². The van der Waals surface area contributed by atoms with Gasteiger partial charge >= 0.3 is 18.3 Å². The Kier molecular flexibility index (Phi) is 5.49. The zero-order chi connectivity index (χ0) is 22.4. The van der Waals surface area contributed by atoms with Gasteiger partial charge in [-0.05, 0) is 12.1 Å². The minimum Gasteiger partial charge on any atom is -0.761 e. The van der Waals surface area contributed by atoms with E-state index in [9.17, 15) is 49.5 Å². The van der Waals surface area contributed by atoms with Crippen LogP contribution in [-0.2, 0) is 19.1 Å². The molecule has 0 unspecified atom stereocenters. The van der Waals surface area contributed by atoms with Crippen LogP contribution in [-0.4, -0.2) is 21.9 Å². The number of nitrogens with zero attached hydrogens (tertiary/aromatic N) is 2. The number of anilines is 2. The number of carbonyl (C=O) groups excluding carboxylic acids is 1. The van der Waals surface area contributed by atoms with Crippen molar-refractivity contribution in [2.45, 2.75) is 18.3 Å². The first-order valence-electron chi connectivity index (χ1n) is 7.20. The quantitative estimate of drug-likeness (QED) is 0.551. The number of aromatic nitrogens is 2. The number of rotatable bonds is 4. The van der Waals surface area contributed by atoms with Crippen molar-refractivity contribution >= 4 is 17.4 Å². The number of amides is 1. The van der Waals surface area contributed by atoms with E-state index >= 15 is 0 Å². The average molecular weight is 435 g/mol. The molecule has 2 aromatic rings. The molecule has 1 aromatic carbocycles. The van der Waals surface area contributed by atoms with Gasteiger partial charge in [0.25, 0.3) is 5.91 Å². The molecule has 0 aliphatic rings. The van der Waals surface area contributed by atoms with Crippen LogP contribution in [0.3, 0.4) is 0 Å². The molecule has 160 valence electrons. The minimum absolute atomic E-state index is 0.0662. The third-order valence-corrected chi connectivity index (χ3v) is 3.57. The van der Waals surface area contributed by atoms with E-state index in [0.29, 0.717) is 7.05 Å². The highest BCUT2D eigenvalue weighted by Crippen LogP contribution is 2.49. The zero-order valence-electron chi connectivity index (χ0n) is 13.8. The standard InChI is InChI=1S/C14H8F9N4O2/c1-27-10(24-11(28)5-3-2-4-6(26-29)8(5)15)7(13(18,19)20)9(25-27)12(16,17)14(21,22)23/h2-4,26H,1H3,(H,24,28)/q-1. The molecule has 0 saturated carbocycles. The van der Waals surface area contributed by atoms with Crippen molar-refractivity contribution < 1.29 is 44.3 Å². The summed E-state index contributed by atoms with van der Waals surface area (Å²) in [6.45, 7) is 0. The van der Waals surface area contributed by atoms with Crippen molar-refractivity contribution in [1.29, 1.82) is 0 Å². The van der Waals surface area contributed by atoms with Crippen LogP contribution in [0, 0.1) is 11.0 Å². The van der Waals surface area contributed by atoms with Crippen LogP contribution in [0.4, 0.5) is 51.0 Å². The number of halogens is 9. The number of nitrogens with one attached hydrogen (secondary N) is 2. The predicted octanol–water partition coefficient (Wildman–Crippen LogP) is 4.39. The van der Waals surface area contributed by atoms with E-state index in [2.05, 4.69) is 5.10 Å². The fourth-order valence-corrected chi connectivity index (χ4v) is 2.25. The summed E-state index contributed by atoms with van der Waals surface area (Å²) >= 11 is 0. The number of benzene rings is 1. The third-order valence-electron chi connectivity index (χ3n) is 3.57. The lowest BCUT2D eigenvalue weighted by Crippen LogP contribution is -2.36. The lowest BCUT2D eigenvalue weighted by Gasteiger charge is -2.20. The van der Waals surface area contributed by atoms with E-state index in [4.69, 9.17) is 0 Å². The summed E-state index contributed by atoms with van der Waals surface area (Å²) in [7, 11) is 0.562. The molecule has 1 amide bonds. The molecule has 2 N–H and O–H groups in total. The zero-order valence-corrected chi connectivity index (χ0v) is 13.8. The number of aryl methyl sites for hydroxylation is 1. The summed E-state index contributed by atoms with van der Waals surface area (Å²) in [6, 6.07) is 2.59. The second kappa shape index (κ2) is 7.13. The molecule has 1 aromatic heterocycles. The van der Waals surface area contributed by atoms with Gasteiger partial charge in [-0.25, -0.2) is 4.39 Å². The van der Waals surface area contributed by atoms with Gasteiger partial charge in [-0.1, -0.05) is 6.07 Å². The minimum atomic E-state index is -6.41.